The van der Waals surface area contributed by atoms with Crippen molar-refractivity contribution >= 4 is 17.6 Å². The van der Waals surface area contributed by atoms with Crippen LogP contribution >= 0.6 is 0 Å². The number of hydrogen-bond acceptors (Lipinski definition) is 3. The lowest BCUT2D eigenvalue weighted by Gasteiger charge is -2.12. The molecule has 26 heavy (non-hydrogen) atoms. The van der Waals surface area contributed by atoms with Gasteiger partial charge in [0.1, 0.15) is 18.2 Å². The molecule has 2 atom stereocenters. The summed E-state index contributed by atoms with van der Waals surface area (Å²) < 4.78 is 18.8. The van der Waals surface area contributed by atoms with E-state index in [4.69, 9.17) is 9.84 Å². The zero-order chi connectivity index (χ0) is 18.5. The van der Waals surface area contributed by atoms with Crippen molar-refractivity contribution in [2.75, 3.05) is 5.32 Å². The maximum atomic E-state index is 13.2. The second-order valence-corrected chi connectivity index (χ2v) is 6.48. The summed E-state index contributed by atoms with van der Waals surface area (Å²) >= 11 is 0. The van der Waals surface area contributed by atoms with Gasteiger partial charge in [-0.15, -0.1) is 0 Å². The van der Waals surface area contributed by atoms with Crippen molar-refractivity contribution in [3.8, 4) is 5.75 Å². The van der Waals surface area contributed by atoms with Crippen LogP contribution in [-0.4, -0.2) is 17.0 Å². The van der Waals surface area contributed by atoms with Gasteiger partial charge in [-0.2, -0.15) is 0 Å². The van der Waals surface area contributed by atoms with Crippen LogP contribution in [0.3, 0.4) is 0 Å². The second kappa shape index (κ2) is 7.99. The topological polar surface area (TPSA) is 75.6 Å². The van der Waals surface area contributed by atoms with Crippen LogP contribution in [0.5, 0.6) is 5.75 Å². The lowest BCUT2D eigenvalue weighted by atomic mass is 10.0. The number of benzene rings is 2. The molecule has 6 heteroatoms. The normalized spacial score (nSPS) is 19.1. The van der Waals surface area contributed by atoms with Gasteiger partial charge in [-0.1, -0.05) is 18.2 Å². The highest BCUT2D eigenvalue weighted by Crippen LogP contribution is 2.32. The SMILES string of the molecule is O=C(O)[C@@H]1CC[C@H](C(=O)Nc2cccc(OCc3cccc(F)c3)c2)C1. The first-order chi connectivity index (χ1) is 12.5. The van der Waals surface area contributed by atoms with Gasteiger partial charge in [-0.25, -0.2) is 4.39 Å². The van der Waals surface area contributed by atoms with Crippen LogP contribution < -0.4 is 10.1 Å². The van der Waals surface area contributed by atoms with Crippen LogP contribution in [0, 0.1) is 17.7 Å². The quantitative estimate of drug-likeness (QED) is 0.823. The standard InChI is InChI=1S/C20H20FNO4/c21-16-4-1-3-13(9-16)12-26-18-6-2-5-17(11-18)22-19(23)14-7-8-15(10-14)20(24)25/h1-6,9,11,14-15H,7-8,10,12H2,(H,22,23)(H,24,25)/t14-,15+/m0/s1. The van der Waals surface area contributed by atoms with E-state index in [1.165, 1.54) is 12.1 Å². The van der Waals surface area contributed by atoms with Crippen LogP contribution in [0.15, 0.2) is 48.5 Å². The minimum Gasteiger partial charge on any atom is -0.489 e. The third-order valence-electron chi connectivity index (χ3n) is 4.55. The van der Waals surface area contributed by atoms with Gasteiger partial charge in [0.25, 0.3) is 0 Å². The molecule has 0 aliphatic heterocycles. The lowest BCUT2D eigenvalue weighted by Crippen LogP contribution is -2.21. The molecule has 2 aromatic rings. The average molecular weight is 357 g/mol. The predicted octanol–water partition coefficient (Wildman–Crippen LogP) is 3.84. The molecule has 0 unspecified atom stereocenters. The smallest absolute Gasteiger partial charge is 0.306 e. The maximum absolute atomic E-state index is 13.2. The molecule has 1 amide bonds. The summed E-state index contributed by atoms with van der Waals surface area (Å²) in [5.41, 5.74) is 1.30. The Morgan fingerprint density at radius 2 is 1.88 bits per heavy atom. The lowest BCUT2D eigenvalue weighted by molar-refractivity contribution is -0.141. The zero-order valence-electron chi connectivity index (χ0n) is 14.2. The van der Waals surface area contributed by atoms with Gasteiger partial charge in [0.05, 0.1) is 5.92 Å². The molecule has 136 valence electrons. The Hall–Kier alpha value is -2.89. The molecule has 0 aromatic heterocycles. The van der Waals surface area contributed by atoms with E-state index >= 15 is 0 Å². The number of anilines is 1. The Morgan fingerprint density at radius 3 is 2.62 bits per heavy atom. The number of carbonyl (C=O) groups is 2. The fourth-order valence-corrected chi connectivity index (χ4v) is 3.15. The summed E-state index contributed by atoms with van der Waals surface area (Å²) in [4.78, 5) is 23.3. The van der Waals surface area contributed by atoms with Gasteiger partial charge < -0.3 is 15.2 Å². The summed E-state index contributed by atoms with van der Waals surface area (Å²) in [7, 11) is 0. The monoisotopic (exact) mass is 357 g/mol. The number of ether oxygens (including phenoxy) is 1. The van der Waals surface area contributed by atoms with Gasteiger partial charge in [0.2, 0.25) is 5.91 Å². The summed E-state index contributed by atoms with van der Waals surface area (Å²) in [6.45, 7) is 0.220. The van der Waals surface area contributed by atoms with E-state index in [1.54, 1.807) is 36.4 Å². The Morgan fingerprint density at radius 1 is 1.12 bits per heavy atom. The minimum absolute atomic E-state index is 0.170. The fraction of sp³-hybridized carbons (Fsp3) is 0.300. The van der Waals surface area contributed by atoms with Gasteiger partial charge in [-0.05, 0) is 49.1 Å². The first-order valence-electron chi connectivity index (χ1n) is 8.52. The number of carbonyl (C=O) groups excluding carboxylic acids is 1. The molecule has 3 rings (SSSR count). The molecule has 2 aromatic carbocycles. The Bertz CT molecular complexity index is 808. The molecule has 0 saturated heterocycles. The van der Waals surface area contributed by atoms with Crippen molar-refractivity contribution < 1.29 is 23.8 Å². The van der Waals surface area contributed by atoms with Gasteiger partial charge >= 0.3 is 5.97 Å². The van der Waals surface area contributed by atoms with Crippen molar-refractivity contribution in [2.45, 2.75) is 25.9 Å². The second-order valence-electron chi connectivity index (χ2n) is 6.48. The van der Waals surface area contributed by atoms with Crippen molar-refractivity contribution in [2.24, 2.45) is 11.8 Å². The van der Waals surface area contributed by atoms with Gasteiger partial charge in [0, 0.05) is 17.7 Å². The highest BCUT2D eigenvalue weighted by molar-refractivity contribution is 5.93. The number of halogens is 1. The molecule has 1 fully saturated rings. The number of carboxylic acid groups (broad SMARTS) is 1. The van der Waals surface area contributed by atoms with Gasteiger partial charge in [-0.3, -0.25) is 9.59 Å². The third-order valence-corrected chi connectivity index (χ3v) is 4.55. The number of amides is 1. The molecule has 1 aliphatic carbocycles. The van der Waals surface area contributed by atoms with Crippen molar-refractivity contribution in [1.29, 1.82) is 0 Å². The molecule has 5 nitrogen and oxygen atoms in total. The van der Waals surface area contributed by atoms with Crippen LogP contribution in [-0.2, 0) is 16.2 Å². The van der Waals surface area contributed by atoms with Crippen molar-refractivity contribution in [3.63, 3.8) is 0 Å². The molecular weight excluding hydrogens is 337 g/mol. The number of aliphatic carboxylic acids is 1. The van der Waals surface area contributed by atoms with E-state index in [2.05, 4.69) is 5.32 Å². The summed E-state index contributed by atoms with van der Waals surface area (Å²) in [6.07, 6.45) is 1.49. The maximum Gasteiger partial charge on any atom is 0.306 e. The molecular formula is C20H20FNO4. The van der Waals surface area contributed by atoms with E-state index in [9.17, 15) is 14.0 Å². The zero-order valence-corrected chi connectivity index (χ0v) is 14.2. The van der Waals surface area contributed by atoms with Crippen LogP contribution in [0.2, 0.25) is 0 Å². The highest BCUT2D eigenvalue weighted by Gasteiger charge is 2.33. The molecule has 0 spiro atoms. The van der Waals surface area contributed by atoms with E-state index in [0.29, 0.717) is 36.3 Å². The molecule has 0 heterocycles. The number of carboxylic acids is 1. The molecule has 1 saturated carbocycles. The summed E-state index contributed by atoms with van der Waals surface area (Å²) in [5.74, 6) is -1.49. The Kier molecular flexibility index (Phi) is 5.51. The first-order valence-corrected chi connectivity index (χ1v) is 8.52. The Labute approximate surface area is 150 Å². The van der Waals surface area contributed by atoms with E-state index < -0.39 is 11.9 Å². The van der Waals surface area contributed by atoms with Crippen molar-refractivity contribution in [1.82, 2.24) is 0 Å². The molecule has 0 bridgehead atoms. The average Bonchev–Trinajstić information content (AvgIpc) is 3.11. The molecule has 2 N–H and O–H groups in total. The van der Waals surface area contributed by atoms with Crippen molar-refractivity contribution in [3.05, 3.63) is 59.9 Å². The highest BCUT2D eigenvalue weighted by atomic mass is 19.1. The van der Waals surface area contributed by atoms with E-state index in [1.807, 2.05) is 0 Å². The largest absolute Gasteiger partial charge is 0.489 e. The fourth-order valence-electron chi connectivity index (χ4n) is 3.15. The molecule has 0 radical (unpaired) electrons. The van der Waals surface area contributed by atoms with Crippen LogP contribution in [0.25, 0.3) is 0 Å². The van der Waals surface area contributed by atoms with Crippen LogP contribution in [0.4, 0.5) is 10.1 Å². The van der Waals surface area contributed by atoms with Crippen LogP contribution in [0.1, 0.15) is 24.8 Å². The molecule has 1 aliphatic rings. The number of hydrogen-bond donors (Lipinski definition) is 2. The summed E-state index contributed by atoms with van der Waals surface area (Å²) in [6, 6.07) is 13.1. The van der Waals surface area contributed by atoms with E-state index in [-0.39, 0.29) is 24.2 Å². The number of rotatable bonds is 6. The number of nitrogens with one attached hydrogen (secondary N) is 1. The van der Waals surface area contributed by atoms with Gasteiger partial charge in [0.15, 0.2) is 0 Å². The Balaban J connectivity index is 1.57. The van der Waals surface area contributed by atoms with E-state index in [0.717, 1.165) is 0 Å². The minimum atomic E-state index is -0.840. The first kappa shape index (κ1) is 17.9. The summed E-state index contributed by atoms with van der Waals surface area (Å²) in [5, 5.41) is 11.9. The third kappa shape index (κ3) is 4.59. The predicted molar refractivity (Wildman–Crippen MR) is 94.3 cm³/mol.